The van der Waals surface area contributed by atoms with E-state index in [1.165, 1.54) is 11.1 Å². The molecule has 0 amide bonds. The van der Waals surface area contributed by atoms with Gasteiger partial charge in [-0.1, -0.05) is 23.4 Å². The van der Waals surface area contributed by atoms with Crippen molar-refractivity contribution >= 4 is 5.97 Å². The summed E-state index contributed by atoms with van der Waals surface area (Å²) in [6, 6.07) is 10.2. The number of hydrogen-bond acceptors (Lipinski definition) is 9. The standard InChI is InChI=1S/C30H33N5O4/c1-4-37-28(36)30(10-11-30)18-35-13-12-29(17-35)9-8-22-23(6-5-7-24(22)29)25-33-27(39-34-25)21-14-20(15-31)26(32-16-21)38-19(2)3/h5-7,14,16,19H,4,8-13,17-18H2,1-3H3. The van der Waals surface area contributed by atoms with Crippen LogP contribution in [-0.2, 0) is 21.4 Å². The summed E-state index contributed by atoms with van der Waals surface area (Å²) >= 11 is 0. The van der Waals surface area contributed by atoms with E-state index >= 15 is 0 Å². The number of aromatic nitrogens is 3. The van der Waals surface area contributed by atoms with Crippen LogP contribution in [0, 0.1) is 16.7 Å². The number of nitriles is 1. The molecular formula is C30H33N5O4. The van der Waals surface area contributed by atoms with E-state index in [2.05, 4.69) is 44.3 Å². The molecular weight excluding hydrogens is 494 g/mol. The minimum atomic E-state index is -0.300. The molecule has 2 aliphatic carbocycles. The largest absolute Gasteiger partial charge is 0.474 e. The van der Waals surface area contributed by atoms with E-state index in [0.29, 0.717) is 35.3 Å². The zero-order valence-corrected chi connectivity index (χ0v) is 22.7. The molecule has 6 rings (SSSR count). The quantitative estimate of drug-likeness (QED) is 0.385. The second-order valence-corrected chi connectivity index (χ2v) is 11.4. The zero-order valence-electron chi connectivity index (χ0n) is 22.7. The van der Waals surface area contributed by atoms with Gasteiger partial charge in [-0.15, -0.1) is 0 Å². The molecule has 9 nitrogen and oxygen atoms in total. The number of pyridine rings is 1. The van der Waals surface area contributed by atoms with E-state index in [-0.39, 0.29) is 22.9 Å². The van der Waals surface area contributed by atoms with Crippen molar-refractivity contribution in [1.29, 1.82) is 5.26 Å². The van der Waals surface area contributed by atoms with Gasteiger partial charge in [-0.25, -0.2) is 4.98 Å². The minimum Gasteiger partial charge on any atom is -0.474 e. The molecule has 39 heavy (non-hydrogen) atoms. The molecule has 1 atom stereocenters. The van der Waals surface area contributed by atoms with Crippen molar-refractivity contribution in [1.82, 2.24) is 20.0 Å². The highest BCUT2D eigenvalue weighted by Gasteiger charge is 2.54. The molecule has 3 heterocycles. The summed E-state index contributed by atoms with van der Waals surface area (Å²) < 4.78 is 16.6. The van der Waals surface area contributed by atoms with E-state index in [9.17, 15) is 10.1 Å². The first-order valence-corrected chi connectivity index (χ1v) is 13.8. The van der Waals surface area contributed by atoms with E-state index < -0.39 is 0 Å². The van der Waals surface area contributed by atoms with Gasteiger partial charge in [-0.05, 0) is 76.6 Å². The Hall–Kier alpha value is -3.77. The highest BCUT2D eigenvalue weighted by molar-refractivity contribution is 5.80. The lowest BCUT2D eigenvalue weighted by Crippen LogP contribution is -2.36. The van der Waals surface area contributed by atoms with Crippen LogP contribution in [0.5, 0.6) is 5.88 Å². The van der Waals surface area contributed by atoms with Gasteiger partial charge in [0.1, 0.15) is 11.6 Å². The lowest BCUT2D eigenvalue weighted by atomic mass is 9.81. The molecule has 0 N–H and O–H groups in total. The van der Waals surface area contributed by atoms with Crippen LogP contribution < -0.4 is 4.74 Å². The first-order chi connectivity index (χ1) is 18.9. The Morgan fingerprint density at radius 3 is 2.85 bits per heavy atom. The van der Waals surface area contributed by atoms with Crippen LogP contribution in [0.4, 0.5) is 0 Å². The van der Waals surface area contributed by atoms with Crippen LogP contribution in [0.25, 0.3) is 22.8 Å². The van der Waals surface area contributed by atoms with Gasteiger partial charge in [0.15, 0.2) is 0 Å². The summed E-state index contributed by atoms with van der Waals surface area (Å²) in [6.07, 6.45) is 6.45. The zero-order chi connectivity index (χ0) is 27.2. The maximum atomic E-state index is 12.5. The van der Waals surface area contributed by atoms with Crippen LogP contribution in [0.3, 0.4) is 0 Å². The second kappa shape index (κ2) is 9.76. The van der Waals surface area contributed by atoms with Gasteiger partial charge < -0.3 is 18.9 Å². The lowest BCUT2D eigenvalue weighted by molar-refractivity contribution is -0.150. The van der Waals surface area contributed by atoms with Gasteiger partial charge in [0.05, 0.1) is 23.7 Å². The van der Waals surface area contributed by atoms with Crippen molar-refractivity contribution in [2.75, 3.05) is 26.2 Å². The first-order valence-electron chi connectivity index (χ1n) is 13.8. The predicted molar refractivity (Wildman–Crippen MR) is 143 cm³/mol. The SMILES string of the molecule is CCOC(=O)C1(CN2CCC3(CCc4c(-c5noc(-c6cnc(OC(C)C)c(C#N)c6)n5)cccc43)C2)CC1. The average molecular weight is 528 g/mol. The van der Waals surface area contributed by atoms with Crippen molar-refractivity contribution in [3.63, 3.8) is 0 Å². The topological polar surface area (TPSA) is 114 Å². The Bertz CT molecular complexity index is 1450. The summed E-state index contributed by atoms with van der Waals surface area (Å²) in [5, 5.41) is 13.9. The molecule has 1 saturated carbocycles. The molecule has 0 radical (unpaired) electrons. The van der Waals surface area contributed by atoms with Crippen molar-refractivity contribution in [2.45, 2.75) is 64.4 Å². The third-order valence-corrected chi connectivity index (χ3v) is 8.35. The summed E-state index contributed by atoms with van der Waals surface area (Å²) in [6.45, 7) is 8.82. The van der Waals surface area contributed by atoms with E-state index in [1.807, 2.05) is 20.8 Å². The number of likely N-dealkylation sites (tertiary alicyclic amines) is 1. The smallest absolute Gasteiger partial charge is 0.313 e. The van der Waals surface area contributed by atoms with Gasteiger partial charge >= 0.3 is 5.97 Å². The van der Waals surface area contributed by atoms with Crippen LogP contribution >= 0.6 is 0 Å². The van der Waals surface area contributed by atoms with Crippen molar-refractivity contribution in [3.8, 4) is 34.8 Å². The fraction of sp³-hybridized carbons (Fsp3) is 0.500. The Kier molecular flexibility index (Phi) is 6.38. The van der Waals surface area contributed by atoms with Crippen molar-refractivity contribution in [3.05, 3.63) is 47.2 Å². The number of fused-ring (bicyclic) bond motifs is 2. The minimum absolute atomic E-state index is 0.0350. The second-order valence-electron chi connectivity index (χ2n) is 11.4. The maximum absolute atomic E-state index is 12.5. The normalized spacial score (nSPS) is 21.2. The monoisotopic (exact) mass is 527 g/mol. The summed E-state index contributed by atoms with van der Waals surface area (Å²) in [4.78, 5) is 24.0. The van der Waals surface area contributed by atoms with Crippen LogP contribution in [0.2, 0.25) is 0 Å². The molecule has 3 aromatic rings. The number of carbonyl (C=O) groups excluding carboxylic acids is 1. The predicted octanol–water partition coefficient (Wildman–Crippen LogP) is 4.69. The number of benzene rings is 1. The van der Waals surface area contributed by atoms with Gasteiger partial charge in [0.25, 0.3) is 5.89 Å². The van der Waals surface area contributed by atoms with Gasteiger partial charge in [0.2, 0.25) is 11.7 Å². The number of rotatable bonds is 8. The number of ether oxygens (including phenoxy) is 2. The number of nitrogens with zero attached hydrogens (tertiary/aromatic N) is 5. The third-order valence-electron chi connectivity index (χ3n) is 8.35. The lowest BCUT2D eigenvalue weighted by Gasteiger charge is -2.27. The number of hydrogen-bond donors (Lipinski definition) is 0. The highest BCUT2D eigenvalue weighted by atomic mass is 16.5. The highest BCUT2D eigenvalue weighted by Crippen LogP contribution is 2.52. The first kappa shape index (κ1) is 25.5. The molecule has 0 bridgehead atoms. The van der Waals surface area contributed by atoms with Crippen LogP contribution in [-0.4, -0.2) is 58.3 Å². The molecule has 1 unspecified atom stereocenters. The molecule has 1 aromatic carbocycles. The van der Waals surface area contributed by atoms with E-state index in [1.54, 1.807) is 12.3 Å². The number of esters is 1. The fourth-order valence-electron chi connectivity index (χ4n) is 6.29. The van der Waals surface area contributed by atoms with E-state index in [4.69, 9.17) is 14.0 Å². The maximum Gasteiger partial charge on any atom is 0.313 e. The molecule has 1 saturated heterocycles. The van der Waals surface area contributed by atoms with Gasteiger partial charge in [0, 0.05) is 30.3 Å². The Morgan fingerprint density at radius 2 is 2.10 bits per heavy atom. The van der Waals surface area contributed by atoms with Gasteiger partial charge in [-0.3, -0.25) is 4.79 Å². The molecule has 1 aliphatic heterocycles. The van der Waals surface area contributed by atoms with Crippen molar-refractivity contribution in [2.24, 2.45) is 5.41 Å². The summed E-state index contributed by atoms with van der Waals surface area (Å²) in [7, 11) is 0. The van der Waals surface area contributed by atoms with Gasteiger partial charge in [-0.2, -0.15) is 10.2 Å². The Morgan fingerprint density at radius 1 is 1.26 bits per heavy atom. The van der Waals surface area contributed by atoms with Crippen LogP contribution in [0.1, 0.15) is 63.1 Å². The summed E-state index contributed by atoms with van der Waals surface area (Å²) in [5.74, 6) is 1.11. The number of carbonyl (C=O) groups is 1. The average Bonchev–Trinajstić information content (AvgIpc) is 3.25. The van der Waals surface area contributed by atoms with Crippen LogP contribution in [0.15, 0.2) is 35.0 Å². The summed E-state index contributed by atoms with van der Waals surface area (Å²) in [5.41, 5.74) is 4.30. The Balaban J connectivity index is 1.23. The third kappa shape index (κ3) is 4.57. The molecule has 2 aromatic heterocycles. The molecule has 202 valence electrons. The molecule has 3 aliphatic rings. The molecule has 9 heteroatoms. The molecule has 1 spiro atoms. The Labute approximate surface area is 228 Å². The van der Waals surface area contributed by atoms with E-state index in [0.717, 1.165) is 57.3 Å². The molecule has 2 fully saturated rings. The fourth-order valence-corrected chi connectivity index (χ4v) is 6.29. The van der Waals surface area contributed by atoms with Crippen molar-refractivity contribution < 1.29 is 18.8 Å².